The van der Waals surface area contributed by atoms with E-state index in [-0.39, 0.29) is 18.3 Å². The van der Waals surface area contributed by atoms with Gasteiger partial charge in [-0.3, -0.25) is 4.79 Å². The zero-order valence-corrected chi connectivity index (χ0v) is 13.5. The first-order valence-electron chi connectivity index (χ1n) is 7.11. The second kappa shape index (κ2) is 6.76. The summed E-state index contributed by atoms with van der Waals surface area (Å²) in [7, 11) is 0. The van der Waals surface area contributed by atoms with Crippen LogP contribution in [0.15, 0.2) is 42.5 Å². The lowest BCUT2D eigenvalue weighted by molar-refractivity contribution is -0.117. The Balaban J connectivity index is 1.68. The third-order valence-electron chi connectivity index (χ3n) is 3.30. The molecule has 0 unspecified atom stereocenters. The molecule has 3 aromatic rings. The molecule has 24 heavy (non-hydrogen) atoms. The van der Waals surface area contributed by atoms with Crippen LogP contribution in [0.5, 0.6) is 0 Å². The van der Waals surface area contributed by atoms with Gasteiger partial charge in [0.05, 0.1) is 0 Å². The van der Waals surface area contributed by atoms with E-state index in [0.717, 1.165) is 5.56 Å². The molecule has 0 spiro atoms. The van der Waals surface area contributed by atoms with Crippen molar-refractivity contribution in [2.45, 2.75) is 13.5 Å². The molecule has 0 atom stereocenters. The summed E-state index contributed by atoms with van der Waals surface area (Å²) in [5.74, 6) is -0.308. The van der Waals surface area contributed by atoms with Crippen molar-refractivity contribution in [2.75, 3.05) is 5.32 Å². The highest BCUT2D eigenvalue weighted by molar-refractivity contribution is 6.30. The number of halogens is 2. The van der Waals surface area contributed by atoms with E-state index >= 15 is 0 Å². The summed E-state index contributed by atoms with van der Waals surface area (Å²) in [6.45, 7) is 1.76. The van der Waals surface area contributed by atoms with Crippen molar-refractivity contribution in [2.24, 2.45) is 0 Å². The smallest absolute Gasteiger partial charge is 0.248 e. The molecular formula is C16H13ClFN5O. The van der Waals surface area contributed by atoms with Gasteiger partial charge in [0.2, 0.25) is 11.7 Å². The van der Waals surface area contributed by atoms with Gasteiger partial charge in [-0.25, -0.2) is 4.39 Å². The Bertz CT molecular complexity index is 878. The number of anilines is 1. The number of aromatic nitrogens is 4. The number of aryl methyl sites for hydroxylation is 1. The van der Waals surface area contributed by atoms with Gasteiger partial charge >= 0.3 is 0 Å². The first kappa shape index (κ1) is 16.1. The minimum absolute atomic E-state index is 0.0870. The highest BCUT2D eigenvalue weighted by Gasteiger charge is 2.10. The van der Waals surface area contributed by atoms with E-state index in [4.69, 9.17) is 11.6 Å². The van der Waals surface area contributed by atoms with Gasteiger partial charge in [-0.15, -0.1) is 10.2 Å². The summed E-state index contributed by atoms with van der Waals surface area (Å²) in [4.78, 5) is 13.3. The number of tetrazole rings is 1. The van der Waals surface area contributed by atoms with Crippen LogP contribution in [0, 0.1) is 12.7 Å². The predicted molar refractivity (Wildman–Crippen MR) is 88.0 cm³/mol. The Morgan fingerprint density at radius 3 is 2.71 bits per heavy atom. The number of benzene rings is 2. The van der Waals surface area contributed by atoms with Crippen molar-refractivity contribution >= 4 is 23.2 Å². The Hall–Kier alpha value is -2.80. The number of nitrogens with one attached hydrogen (secondary N) is 1. The molecule has 0 saturated heterocycles. The van der Waals surface area contributed by atoms with Crippen LogP contribution in [0.25, 0.3) is 11.4 Å². The van der Waals surface area contributed by atoms with E-state index in [1.165, 1.54) is 16.9 Å². The van der Waals surface area contributed by atoms with Crippen LogP contribution in [0.2, 0.25) is 5.02 Å². The third kappa shape index (κ3) is 3.75. The molecule has 1 amide bonds. The van der Waals surface area contributed by atoms with Gasteiger partial charge in [0.1, 0.15) is 12.4 Å². The fourth-order valence-electron chi connectivity index (χ4n) is 2.11. The minimum Gasteiger partial charge on any atom is -0.324 e. The van der Waals surface area contributed by atoms with Crippen molar-refractivity contribution < 1.29 is 9.18 Å². The van der Waals surface area contributed by atoms with Crippen LogP contribution in [0.4, 0.5) is 10.1 Å². The highest BCUT2D eigenvalue weighted by atomic mass is 35.5. The lowest BCUT2D eigenvalue weighted by Gasteiger charge is -2.07. The van der Waals surface area contributed by atoms with Crippen molar-refractivity contribution in [3.05, 3.63) is 58.9 Å². The van der Waals surface area contributed by atoms with Crippen LogP contribution in [0.1, 0.15) is 5.56 Å². The van der Waals surface area contributed by atoms with Gasteiger partial charge in [-0.2, -0.15) is 4.80 Å². The van der Waals surface area contributed by atoms with Crippen LogP contribution >= 0.6 is 11.6 Å². The zero-order valence-electron chi connectivity index (χ0n) is 12.7. The first-order chi connectivity index (χ1) is 11.5. The summed E-state index contributed by atoms with van der Waals surface area (Å²) >= 11 is 5.89. The lowest BCUT2D eigenvalue weighted by atomic mass is 10.2. The van der Waals surface area contributed by atoms with Crippen molar-refractivity contribution in [1.82, 2.24) is 20.2 Å². The molecule has 1 N–H and O–H groups in total. The normalized spacial score (nSPS) is 10.6. The molecule has 122 valence electrons. The van der Waals surface area contributed by atoms with Gasteiger partial charge in [0.25, 0.3) is 0 Å². The molecule has 2 aromatic carbocycles. The molecule has 1 heterocycles. The van der Waals surface area contributed by atoms with E-state index in [9.17, 15) is 9.18 Å². The fraction of sp³-hybridized carbons (Fsp3) is 0.125. The number of rotatable bonds is 4. The highest BCUT2D eigenvalue weighted by Crippen LogP contribution is 2.19. The van der Waals surface area contributed by atoms with E-state index in [2.05, 4.69) is 20.7 Å². The van der Waals surface area contributed by atoms with Crippen LogP contribution in [0.3, 0.4) is 0 Å². The average molecular weight is 346 g/mol. The predicted octanol–water partition coefficient (Wildman–Crippen LogP) is 3.08. The van der Waals surface area contributed by atoms with Gasteiger partial charge in [0.15, 0.2) is 0 Å². The quantitative estimate of drug-likeness (QED) is 0.788. The Morgan fingerprint density at radius 2 is 2.00 bits per heavy atom. The van der Waals surface area contributed by atoms with E-state index in [1.54, 1.807) is 30.3 Å². The molecule has 8 heteroatoms. The average Bonchev–Trinajstić information content (AvgIpc) is 2.99. The maximum absolute atomic E-state index is 12.9. The summed E-state index contributed by atoms with van der Waals surface area (Å²) in [5, 5.41) is 15.2. The summed E-state index contributed by atoms with van der Waals surface area (Å²) < 4.78 is 12.9. The van der Waals surface area contributed by atoms with Crippen LogP contribution in [-0.4, -0.2) is 26.1 Å². The second-order valence-corrected chi connectivity index (χ2v) is 5.59. The van der Waals surface area contributed by atoms with E-state index in [1.807, 2.05) is 6.92 Å². The number of carbonyl (C=O) groups is 1. The Labute approximate surface area is 142 Å². The van der Waals surface area contributed by atoms with Gasteiger partial charge in [0, 0.05) is 16.3 Å². The zero-order chi connectivity index (χ0) is 17.1. The summed E-state index contributed by atoms with van der Waals surface area (Å²) in [5.41, 5.74) is 2.15. The van der Waals surface area contributed by atoms with Crippen LogP contribution < -0.4 is 5.32 Å². The molecule has 0 fully saturated rings. The van der Waals surface area contributed by atoms with Crippen molar-refractivity contribution in [1.29, 1.82) is 0 Å². The molecule has 0 radical (unpaired) electrons. The number of amides is 1. The van der Waals surface area contributed by atoms with Crippen LogP contribution in [-0.2, 0) is 11.3 Å². The molecule has 3 rings (SSSR count). The number of nitrogens with zero attached hydrogens (tertiary/aromatic N) is 4. The topological polar surface area (TPSA) is 72.7 Å². The Morgan fingerprint density at radius 1 is 1.25 bits per heavy atom. The maximum Gasteiger partial charge on any atom is 0.248 e. The number of hydrogen-bond donors (Lipinski definition) is 1. The lowest BCUT2D eigenvalue weighted by Crippen LogP contribution is -2.20. The molecule has 0 aliphatic rings. The van der Waals surface area contributed by atoms with E-state index in [0.29, 0.717) is 22.1 Å². The van der Waals surface area contributed by atoms with E-state index < -0.39 is 0 Å². The largest absolute Gasteiger partial charge is 0.324 e. The monoisotopic (exact) mass is 345 g/mol. The fourth-order valence-corrected chi connectivity index (χ4v) is 2.34. The molecule has 0 saturated carbocycles. The molecule has 1 aromatic heterocycles. The summed E-state index contributed by atoms with van der Waals surface area (Å²) in [6.07, 6.45) is 0. The Kier molecular flexibility index (Phi) is 4.52. The molecule has 0 aliphatic heterocycles. The molecule has 0 bridgehead atoms. The number of carbonyl (C=O) groups excluding carboxylic acids is 1. The SMILES string of the molecule is Cc1cc(Cl)ccc1NC(=O)Cn1nnc(-c2ccc(F)cc2)n1. The molecule has 0 aliphatic carbocycles. The maximum atomic E-state index is 12.9. The second-order valence-electron chi connectivity index (χ2n) is 5.16. The van der Waals surface area contributed by atoms with Gasteiger partial charge in [-0.1, -0.05) is 11.6 Å². The minimum atomic E-state index is -0.344. The summed E-state index contributed by atoms with van der Waals surface area (Å²) in [6, 6.07) is 10.9. The van der Waals surface area contributed by atoms with Crippen molar-refractivity contribution in [3.63, 3.8) is 0 Å². The van der Waals surface area contributed by atoms with Gasteiger partial charge in [-0.05, 0) is 60.2 Å². The van der Waals surface area contributed by atoms with Gasteiger partial charge < -0.3 is 5.32 Å². The number of hydrogen-bond acceptors (Lipinski definition) is 4. The standard InChI is InChI=1S/C16H13ClFN5O/c1-10-8-12(17)4-7-14(10)19-15(24)9-23-21-16(20-22-23)11-2-5-13(18)6-3-11/h2-8H,9H2,1H3,(H,19,24). The third-order valence-corrected chi connectivity index (χ3v) is 3.54. The molecule has 6 nitrogen and oxygen atoms in total. The van der Waals surface area contributed by atoms with Crippen molar-refractivity contribution in [3.8, 4) is 11.4 Å². The molecular weight excluding hydrogens is 333 g/mol. The first-order valence-corrected chi connectivity index (χ1v) is 7.49.